The van der Waals surface area contributed by atoms with Crippen molar-refractivity contribution in [2.75, 3.05) is 12.4 Å². The van der Waals surface area contributed by atoms with Gasteiger partial charge in [0.25, 0.3) is 0 Å². The summed E-state index contributed by atoms with van der Waals surface area (Å²) in [6, 6.07) is 8.25. The van der Waals surface area contributed by atoms with Crippen molar-refractivity contribution in [3.63, 3.8) is 0 Å². The van der Waals surface area contributed by atoms with Gasteiger partial charge in [-0.1, -0.05) is 13.8 Å². The van der Waals surface area contributed by atoms with E-state index in [0.717, 1.165) is 39.1 Å². The minimum absolute atomic E-state index is 0.960. The van der Waals surface area contributed by atoms with Crippen LogP contribution in [0.3, 0.4) is 0 Å². The van der Waals surface area contributed by atoms with Gasteiger partial charge in [-0.3, -0.25) is 5.10 Å². The van der Waals surface area contributed by atoms with Crippen LogP contribution in [0.4, 0.5) is 5.69 Å². The van der Waals surface area contributed by atoms with Crippen LogP contribution in [0.25, 0.3) is 27.7 Å². The molecular formula is C18H21N5. The summed E-state index contributed by atoms with van der Waals surface area (Å²) in [5.74, 6) is 0. The summed E-state index contributed by atoms with van der Waals surface area (Å²) in [5.41, 5.74) is 6.38. The van der Waals surface area contributed by atoms with Gasteiger partial charge >= 0.3 is 0 Å². The summed E-state index contributed by atoms with van der Waals surface area (Å²) in [7, 11) is 1.94. The molecule has 2 N–H and O–H groups in total. The maximum absolute atomic E-state index is 4.47. The molecule has 0 saturated carbocycles. The van der Waals surface area contributed by atoms with Crippen molar-refractivity contribution in [1.29, 1.82) is 0 Å². The molecule has 0 aliphatic heterocycles. The first kappa shape index (κ1) is 15.1. The molecule has 0 fully saturated rings. The van der Waals surface area contributed by atoms with Crippen molar-refractivity contribution >= 4 is 22.2 Å². The lowest BCUT2D eigenvalue weighted by atomic mass is 10.0. The highest BCUT2D eigenvalue weighted by molar-refractivity contribution is 6.01. The van der Waals surface area contributed by atoms with Crippen LogP contribution in [0.15, 0.2) is 42.9 Å². The van der Waals surface area contributed by atoms with Crippen molar-refractivity contribution in [2.45, 2.75) is 20.8 Å². The third-order valence-electron chi connectivity index (χ3n) is 3.75. The number of fused-ring (bicyclic) bond motifs is 2. The lowest BCUT2D eigenvalue weighted by Crippen LogP contribution is -1.94. The Balaban J connectivity index is 0.000000753. The number of nitrogens with zero attached hydrogens (tertiary/aromatic N) is 3. The average molecular weight is 307 g/mol. The van der Waals surface area contributed by atoms with E-state index in [0.29, 0.717) is 0 Å². The predicted molar refractivity (Wildman–Crippen MR) is 95.9 cm³/mol. The smallest absolute Gasteiger partial charge is 0.136 e. The summed E-state index contributed by atoms with van der Waals surface area (Å²) in [4.78, 5) is 4.47. The minimum Gasteiger partial charge on any atom is -0.388 e. The van der Waals surface area contributed by atoms with E-state index >= 15 is 0 Å². The number of imidazole rings is 1. The van der Waals surface area contributed by atoms with Crippen molar-refractivity contribution in [1.82, 2.24) is 19.6 Å². The number of pyridine rings is 1. The zero-order chi connectivity index (χ0) is 16.4. The molecule has 118 valence electrons. The number of hydrogen-bond acceptors (Lipinski definition) is 3. The predicted octanol–water partition coefficient (Wildman–Crippen LogP) is 4.25. The zero-order valence-corrected chi connectivity index (χ0v) is 13.9. The molecule has 0 bridgehead atoms. The van der Waals surface area contributed by atoms with E-state index in [4.69, 9.17) is 0 Å². The minimum atomic E-state index is 0.960. The van der Waals surface area contributed by atoms with Crippen molar-refractivity contribution in [2.24, 2.45) is 0 Å². The normalized spacial score (nSPS) is 10.6. The first-order valence-corrected chi connectivity index (χ1v) is 7.86. The number of benzene rings is 1. The molecule has 3 aromatic heterocycles. The number of rotatable bonds is 2. The molecule has 5 heteroatoms. The third-order valence-corrected chi connectivity index (χ3v) is 3.75. The standard InChI is InChI=1S/C16H15N5.C2H6/c1-10-8-21-9-11(3-6-15(21)19-10)16-12-7-18-20-13(12)4-5-14(16)17-2;1-2/h3-9,17H,1-2H3,(H,18,20);1-2H3. The molecule has 23 heavy (non-hydrogen) atoms. The van der Waals surface area contributed by atoms with Gasteiger partial charge < -0.3 is 9.72 Å². The highest BCUT2D eigenvalue weighted by Crippen LogP contribution is 2.34. The fourth-order valence-electron chi connectivity index (χ4n) is 2.80. The van der Waals surface area contributed by atoms with Crippen LogP contribution in [0, 0.1) is 6.92 Å². The van der Waals surface area contributed by atoms with E-state index in [1.165, 1.54) is 0 Å². The van der Waals surface area contributed by atoms with E-state index in [-0.39, 0.29) is 0 Å². The van der Waals surface area contributed by atoms with Gasteiger partial charge in [-0.15, -0.1) is 0 Å². The molecule has 0 atom stereocenters. The van der Waals surface area contributed by atoms with Crippen LogP contribution in [0.2, 0.25) is 0 Å². The maximum Gasteiger partial charge on any atom is 0.136 e. The number of aromatic nitrogens is 4. The Hall–Kier alpha value is -2.82. The number of hydrogen-bond donors (Lipinski definition) is 2. The molecule has 4 rings (SSSR count). The molecule has 0 amide bonds. The third kappa shape index (κ3) is 2.54. The number of H-pyrrole nitrogens is 1. The summed E-state index contributed by atoms with van der Waals surface area (Å²) in [6.45, 7) is 6.00. The SMILES string of the molecule is CC.CNc1ccc2[nH]ncc2c1-c1ccc2nc(C)cn2c1. The average Bonchev–Trinajstić information content (AvgIpc) is 3.19. The molecule has 0 spiro atoms. The molecule has 5 nitrogen and oxygen atoms in total. The topological polar surface area (TPSA) is 58.0 Å². The Labute approximate surface area is 135 Å². The molecule has 0 aliphatic rings. The van der Waals surface area contributed by atoms with E-state index in [2.05, 4.69) is 43.2 Å². The summed E-state index contributed by atoms with van der Waals surface area (Å²) < 4.78 is 2.06. The van der Waals surface area contributed by atoms with Crippen LogP contribution in [0.5, 0.6) is 0 Å². The van der Waals surface area contributed by atoms with E-state index in [1.54, 1.807) is 0 Å². The van der Waals surface area contributed by atoms with Gasteiger partial charge in [-0.25, -0.2) is 4.98 Å². The van der Waals surface area contributed by atoms with Gasteiger partial charge in [0.1, 0.15) is 5.65 Å². The van der Waals surface area contributed by atoms with E-state index in [1.807, 2.05) is 52.3 Å². The molecule has 3 heterocycles. The quantitative estimate of drug-likeness (QED) is 0.582. The first-order chi connectivity index (χ1) is 11.3. The fourth-order valence-corrected chi connectivity index (χ4v) is 2.80. The molecule has 4 aromatic rings. The van der Waals surface area contributed by atoms with Gasteiger partial charge in [-0.2, -0.15) is 5.10 Å². The number of aromatic amines is 1. The van der Waals surface area contributed by atoms with Crippen LogP contribution >= 0.6 is 0 Å². The summed E-state index contributed by atoms with van der Waals surface area (Å²) in [6.07, 6.45) is 6.01. The fraction of sp³-hybridized carbons (Fsp3) is 0.222. The largest absolute Gasteiger partial charge is 0.388 e. The Bertz CT molecular complexity index is 949. The van der Waals surface area contributed by atoms with E-state index < -0.39 is 0 Å². The van der Waals surface area contributed by atoms with Crippen molar-refractivity contribution < 1.29 is 0 Å². The lowest BCUT2D eigenvalue weighted by Gasteiger charge is -2.11. The molecule has 1 aromatic carbocycles. The highest BCUT2D eigenvalue weighted by atomic mass is 15.1. The van der Waals surface area contributed by atoms with Gasteiger partial charge in [0.05, 0.1) is 17.4 Å². The van der Waals surface area contributed by atoms with E-state index in [9.17, 15) is 0 Å². The highest BCUT2D eigenvalue weighted by Gasteiger charge is 2.11. The Morgan fingerprint density at radius 3 is 2.70 bits per heavy atom. The maximum atomic E-state index is 4.47. The van der Waals surface area contributed by atoms with Crippen LogP contribution in [0.1, 0.15) is 19.5 Å². The number of anilines is 1. The Kier molecular flexibility index (Phi) is 4.02. The van der Waals surface area contributed by atoms with Crippen molar-refractivity contribution in [3.05, 3.63) is 48.5 Å². The second kappa shape index (κ2) is 6.12. The summed E-state index contributed by atoms with van der Waals surface area (Å²) >= 11 is 0. The monoisotopic (exact) mass is 307 g/mol. The molecule has 0 saturated heterocycles. The first-order valence-electron chi connectivity index (χ1n) is 7.86. The van der Waals surface area contributed by atoms with Gasteiger partial charge in [0.15, 0.2) is 0 Å². The Morgan fingerprint density at radius 2 is 1.91 bits per heavy atom. The molecule has 0 aliphatic carbocycles. The van der Waals surface area contributed by atoms with Gasteiger partial charge in [0, 0.05) is 41.6 Å². The number of aryl methyl sites for hydroxylation is 1. The lowest BCUT2D eigenvalue weighted by molar-refractivity contribution is 1.12. The summed E-state index contributed by atoms with van der Waals surface area (Å²) in [5, 5.41) is 11.6. The van der Waals surface area contributed by atoms with Crippen LogP contribution in [-0.2, 0) is 0 Å². The second-order valence-corrected chi connectivity index (χ2v) is 5.13. The van der Waals surface area contributed by atoms with Gasteiger partial charge in [-0.05, 0) is 31.2 Å². The number of nitrogens with one attached hydrogen (secondary N) is 2. The van der Waals surface area contributed by atoms with Crippen LogP contribution < -0.4 is 5.32 Å². The van der Waals surface area contributed by atoms with Crippen molar-refractivity contribution in [3.8, 4) is 11.1 Å². The van der Waals surface area contributed by atoms with Crippen LogP contribution in [-0.4, -0.2) is 26.6 Å². The second-order valence-electron chi connectivity index (χ2n) is 5.13. The Morgan fingerprint density at radius 1 is 1.09 bits per heavy atom. The van der Waals surface area contributed by atoms with Gasteiger partial charge in [0.2, 0.25) is 0 Å². The zero-order valence-electron chi connectivity index (χ0n) is 13.9. The molecule has 0 radical (unpaired) electrons. The molecule has 0 unspecified atom stereocenters. The molecular weight excluding hydrogens is 286 g/mol.